The Balaban J connectivity index is 1.23. The minimum Gasteiger partial charge on any atom is -0.461 e. The maximum absolute atomic E-state index is 13.3. The SMILES string of the molecule is CC(C)[C@H](NC(=O)CNC(C)(C)C)C(=O)O[C@H]1CC[C@@]2(C)C(=CC[C@@H]3[C@@H]2CC[C@]2(C)C(c4cccnc4)=CC[C@@H]32)C1. The van der Waals surface area contributed by atoms with Gasteiger partial charge in [0.1, 0.15) is 12.1 Å². The van der Waals surface area contributed by atoms with Gasteiger partial charge < -0.3 is 15.4 Å². The number of amides is 1. The molecule has 4 aliphatic carbocycles. The van der Waals surface area contributed by atoms with Gasteiger partial charge in [-0.3, -0.25) is 9.78 Å². The molecule has 0 aliphatic heterocycles. The van der Waals surface area contributed by atoms with Gasteiger partial charge in [0.15, 0.2) is 0 Å². The molecule has 5 rings (SSSR count). The van der Waals surface area contributed by atoms with E-state index in [0.717, 1.165) is 32.1 Å². The third kappa shape index (κ3) is 5.91. The summed E-state index contributed by atoms with van der Waals surface area (Å²) < 4.78 is 6.11. The van der Waals surface area contributed by atoms with Crippen LogP contribution in [0.2, 0.25) is 0 Å². The summed E-state index contributed by atoms with van der Waals surface area (Å²) in [5.41, 5.74) is 4.51. The molecule has 6 heteroatoms. The quantitative estimate of drug-likeness (QED) is 0.294. The number of nitrogens with one attached hydrogen (secondary N) is 2. The van der Waals surface area contributed by atoms with Gasteiger partial charge in [-0.1, -0.05) is 51.5 Å². The fourth-order valence-corrected chi connectivity index (χ4v) is 8.57. The van der Waals surface area contributed by atoms with E-state index in [9.17, 15) is 9.59 Å². The highest BCUT2D eigenvalue weighted by Crippen LogP contribution is 2.66. The average molecular weight is 562 g/mol. The van der Waals surface area contributed by atoms with Crippen molar-refractivity contribution in [1.82, 2.24) is 15.6 Å². The Kier molecular flexibility index (Phi) is 8.28. The van der Waals surface area contributed by atoms with Crippen molar-refractivity contribution >= 4 is 17.4 Å². The summed E-state index contributed by atoms with van der Waals surface area (Å²) >= 11 is 0. The van der Waals surface area contributed by atoms with Gasteiger partial charge in [-0.25, -0.2) is 4.79 Å². The summed E-state index contributed by atoms with van der Waals surface area (Å²) in [5.74, 6) is 1.51. The highest BCUT2D eigenvalue weighted by atomic mass is 16.5. The lowest BCUT2D eigenvalue weighted by atomic mass is 9.47. The Bertz CT molecular complexity index is 1200. The van der Waals surface area contributed by atoms with E-state index in [4.69, 9.17) is 4.74 Å². The molecule has 0 bridgehead atoms. The number of fused-ring (bicyclic) bond motifs is 5. The first-order valence-electron chi connectivity index (χ1n) is 15.9. The molecule has 0 unspecified atom stereocenters. The topological polar surface area (TPSA) is 80.3 Å². The smallest absolute Gasteiger partial charge is 0.329 e. The molecule has 1 heterocycles. The van der Waals surface area contributed by atoms with Gasteiger partial charge in [-0.2, -0.15) is 0 Å². The summed E-state index contributed by atoms with van der Waals surface area (Å²) in [6.45, 7) is 15.1. The molecule has 1 aromatic rings. The molecule has 1 amide bonds. The molecule has 6 nitrogen and oxygen atoms in total. The minimum absolute atomic E-state index is 0.0438. The Hall–Kier alpha value is -2.47. The van der Waals surface area contributed by atoms with Gasteiger partial charge in [-0.05, 0) is 111 Å². The van der Waals surface area contributed by atoms with Crippen molar-refractivity contribution in [2.24, 2.45) is 34.5 Å². The second-order valence-corrected chi connectivity index (χ2v) is 15.0. The standard InChI is InChI=1S/C35H51N3O3/c1-22(2)31(38-30(39)21-37-33(3,4)5)32(40)41-25-14-16-34(6)24(19-25)10-11-26-28-13-12-27(23-9-8-18-36-20-23)35(28,7)17-15-29(26)34/h8-10,12,18,20,22,25-26,28-29,31,37H,11,13-17,19,21H2,1-7H3,(H,38,39)/t25-,26-,28-,29-,31-,34-,35+/m0/s1. The fourth-order valence-electron chi connectivity index (χ4n) is 8.57. The van der Waals surface area contributed by atoms with Crippen LogP contribution in [0.3, 0.4) is 0 Å². The molecular formula is C35H51N3O3. The van der Waals surface area contributed by atoms with Crippen molar-refractivity contribution in [3.8, 4) is 0 Å². The normalized spacial score (nSPS) is 33.6. The van der Waals surface area contributed by atoms with Crippen molar-refractivity contribution in [2.75, 3.05) is 6.54 Å². The van der Waals surface area contributed by atoms with Gasteiger partial charge in [0.25, 0.3) is 0 Å². The predicted molar refractivity (Wildman–Crippen MR) is 164 cm³/mol. The Morgan fingerprint density at radius 1 is 1.07 bits per heavy atom. The molecule has 0 aromatic carbocycles. The number of pyridine rings is 1. The van der Waals surface area contributed by atoms with Gasteiger partial charge >= 0.3 is 5.97 Å². The van der Waals surface area contributed by atoms with Crippen LogP contribution in [0.1, 0.15) is 99.0 Å². The van der Waals surface area contributed by atoms with E-state index in [2.05, 4.69) is 53.7 Å². The largest absolute Gasteiger partial charge is 0.461 e. The molecule has 2 saturated carbocycles. The molecule has 224 valence electrons. The molecule has 0 saturated heterocycles. The number of hydrogen-bond acceptors (Lipinski definition) is 5. The maximum Gasteiger partial charge on any atom is 0.329 e. The fraction of sp³-hybridized carbons (Fsp3) is 0.686. The van der Waals surface area contributed by atoms with Crippen LogP contribution < -0.4 is 10.6 Å². The van der Waals surface area contributed by atoms with E-state index in [1.165, 1.54) is 29.6 Å². The maximum atomic E-state index is 13.3. The van der Waals surface area contributed by atoms with Gasteiger partial charge in [0.2, 0.25) is 5.91 Å². The van der Waals surface area contributed by atoms with E-state index in [1.54, 1.807) is 0 Å². The molecular weight excluding hydrogens is 510 g/mol. The lowest BCUT2D eigenvalue weighted by Gasteiger charge is -2.58. The summed E-state index contributed by atoms with van der Waals surface area (Å²) in [4.78, 5) is 30.3. The van der Waals surface area contributed by atoms with Gasteiger partial charge in [0, 0.05) is 24.4 Å². The molecule has 0 spiro atoms. The Morgan fingerprint density at radius 2 is 1.83 bits per heavy atom. The zero-order valence-corrected chi connectivity index (χ0v) is 26.3. The number of carbonyl (C=O) groups excluding carboxylic acids is 2. The van der Waals surface area contributed by atoms with Crippen LogP contribution in [0.5, 0.6) is 0 Å². The molecule has 7 atom stereocenters. The molecule has 2 fully saturated rings. The zero-order chi connectivity index (χ0) is 29.6. The van der Waals surface area contributed by atoms with Crippen molar-refractivity contribution in [1.29, 1.82) is 0 Å². The lowest BCUT2D eigenvalue weighted by Crippen LogP contribution is -2.52. The number of carbonyl (C=O) groups is 2. The van der Waals surface area contributed by atoms with Crippen molar-refractivity contribution < 1.29 is 14.3 Å². The first-order valence-corrected chi connectivity index (χ1v) is 15.9. The number of hydrogen-bond donors (Lipinski definition) is 2. The first kappa shape index (κ1) is 30.0. The number of allylic oxidation sites excluding steroid dienone is 3. The van der Waals surface area contributed by atoms with Crippen molar-refractivity contribution in [2.45, 2.75) is 111 Å². The van der Waals surface area contributed by atoms with Crippen LogP contribution in [0.15, 0.2) is 42.3 Å². The highest BCUT2D eigenvalue weighted by Gasteiger charge is 2.57. The second-order valence-electron chi connectivity index (χ2n) is 15.0. The van der Waals surface area contributed by atoms with Crippen LogP contribution in [0.4, 0.5) is 0 Å². The Morgan fingerprint density at radius 3 is 2.51 bits per heavy atom. The van der Waals surface area contributed by atoms with Crippen LogP contribution in [0.25, 0.3) is 5.57 Å². The summed E-state index contributed by atoms with van der Waals surface area (Å²) in [6.07, 6.45) is 16.3. The van der Waals surface area contributed by atoms with Crippen molar-refractivity contribution in [3.63, 3.8) is 0 Å². The first-order chi connectivity index (χ1) is 19.3. The molecule has 1 aromatic heterocycles. The third-order valence-corrected chi connectivity index (χ3v) is 10.9. The monoisotopic (exact) mass is 561 g/mol. The van der Waals surface area contributed by atoms with Gasteiger partial charge in [0.05, 0.1) is 6.54 Å². The summed E-state index contributed by atoms with van der Waals surface area (Å²) in [5, 5.41) is 6.11. The predicted octanol–water partition coefficient (Wildman–Crippen LogP) is 6.48. The van der Waals surface area contributed by atoms with Crippen LogP contribution in [-0.4, -0.2) is 41.1 Å². The van der Waals surface area contributed by atoms with E-state index < -0.39 is 6.04 Å². The van der Waals surface area contributed by atoms with Crippen LogP contribution in [-0.2, 0) is 14.3 Å². The minimum atomic E-state index is -0.637. The molecule has 4 aliphatic rings. The second kappa shape index (κ2) is 11.3. The average Bonchev–Trinajstić information content (AvgIpc) is 3.28. The van der Waals surface area contributed by atoms with Gasteiger partial charge in [-0.15, -0.1) is 0 Å². The van der Waals surface area contributed by atoms with E-state index in [0.29, 0.717) is 17.8 Å². The zero-order valence-electron chi connectivity index (χ0n) is 26.3. The lowest BCUT2D eigenvalue weighted by molar-refractivity contribution is -0.156. The molecule has 41 heavy (non-hydrogen) atoms. The van der Waals surface area contributed by atoms with E-state index >= 15 is 0 Å². The molecule has 2 N–H and O–H groups in total. The summed E-state index contributed by atoms with van der Waals surface area (Å²) in [6, 6.07) is 3.64. The Labute approximate surface area is 247 Å². The number of ether oxygens (including phenoxy) is 1. The van der Waals surface area contributed by atoms with Crippen LogP contribution >= 0.6 is 0 Å². The number of esters is 1. The van der Waals surface area contributed by atoms with Crippen molar-refractivity contribution in [3.05, 3.63) is 47.8 Å². The van der Waals surface area contributed by atoms with E-state index in [1.807, 2.05) is 47.0 Å². The highest BCUT2D eigenvalue weighted by molar-refractivity contribution is 5.85. The number of aromatic nitrogens is 1. The van der Waals surface area contributed by atoms with E-state index in [-0.39, 0.29) is 46.8 Å². The number of rotatable bonds is 7. The van der Waals surface area contributed by atoms with Crippen LogP contribution in [0, 0.1) is 34.5 Å². The molecule has 0 radical (unpaired) electrons. The summed E-state index contributed by atoms with van der Waals surface area (Å²) in [7, 11) is 0. The third-order valence-electron chi connectivity index (χ3n) is 10.9. The number of nitrogens with zero attached hydrogens (tertiary/aromatic N) is 1.